The highest BCUT2D eigenvalue weighted by atomic mass is 19.4. The third kappa shape index (κ3) is 5.75. The maximum absolute atomic E-state index is 14.5. The van der Waals surface area contributed by atoms with Gasteiger partial charge in [-0.1, -0.05) is 67.9 Å². The highest BCUT2D eigenvalue weighted by Crippen LogP contribution is 2.56. The topological polar surface area (TPSA) is 18.5 Å². The van der Waals surface area contributed by atoms with Crippen LogP contribution in [0.2, 0.25) is 0 Å². The molecule has 204 valence electrons. The number of rotatable bonds is 7. The van der Waals surface area contributed by atoms with Crippen LogP contribution >= 0.6 is 0 Å². The molecule has 0 fully saturated rings. The van der Waals surface area contributed by atoms with Crippen LogP contribution in [0.3, 0.4) is 0 Å². The molecule has 8 heteroatoms. The van der Waals surface area contributed by atoms with E-state index in [9.17, 15) is 26.3 Å². The maximum Gasteiger partial charge on any atom is 0.411 e. The summed E-state index contributed by atoms with van der Waals surface area (Å²) >= 11 is 0. The van der Waals surface area contributed by atoms with Gasteiger partial charge in [-0.05, 0) is 78.1 Å². The molecule has 39 heavy (non-hydrogen) atoms. The Bertz CT molecular complexity index is 1360. The predicted octanol–water partition coefficient (Wildman–Crippen LogP) is 10.1. The van der Waals surface area contributed by atoms with E-state index >= 15 is 0 Å². The minimum absolute atomic E-state index is 0.105. The van der Waals surface area contributed by atoms with Crippen LogP contribution in [0.1, 0.15) is 42.0 Å². The molecule has 0 bridgehead atoms. The van der Waals surface area contributed by atoms with Crippen molar-refractivity contribution in [3.8, 4) is 23.0 Å². The van der Waals surface area contributed by atoms with Crippen LogP contribution in [-0.2, 0) is 5.41 Å². The highest BCUT2D eigenvalue weighted by Gasteiger charge is 2.72. The van der Waals surface area contributed by atoms with E-state index in [1.165, 1.54) is 0 Å². The van der Waals surface area contributed by atoms with Crippen molar-refractivity contribution in [2.75, 3.05) is 0 Å². The van der Waals surface area contributed by atoms with Crippen molar-refractivity contribution in [3.05, 3.63) is 119 Å². The molecule has 0 spiro atoms. The van der Waals surface area contributed by atoms with Crippen LogP contribution < -0.4 is 9.47 Å². The van der Waals surface area contributed by atoms with Gasteiger partial charge in [0.05, 0.1) is 0 Å². The van der Waals surface area contributed by atoms with E-state index in [4.69, 9.17) is 9.47 Å². The van der Waals surface area contributed by atoms with Gasteiger partial charge in [0, 0.05) is 0 Å². The summed E-state index contributed by atoms with van der Waals surface area (Å²) in [6.07, 6.45) is -11.4. The van der Waals surface area contributed by atoms with Crippen LogP contribution in [0, 0.1) is 6.92 Å². The summed E-state index contributed by atoms with van der Waals surface area (Å²) in [5.74, 6) is 1.32. The molecule has 4 aromatic carbocycles. The van der Waals surface area contributed by atoms with Crippen molar-refractivity contribution in [1.82, 2.24) is 0 Å². The molecule has 4 rings (SSSR count). The minimum atomic E-state index is -5.69. The lowest BCUT2D eigenvalue weighted by molar-refractivity contribution is -0.288. The van der Waals surface area contributed by atoms with Crippen LogP contribution in [0.25, 0.3) is 0 Å². The molecule has 0 aliphatic rings. The molecule has 0 saturated carbocycles. The van der Waals surface area contributed by atoms with Crippen LogP contribution in [0.5, 0.6) is 23.0 Å². The van der Waals surface area contributed by atoms with Crippen molar-refractivity contribution in [2.45, 2.75) is 44.5 Å². The molecule has 0 N–H and O–H groups in total. The first-order chi connectivity index (χ1) is 18.3. The predicted molar refractivity (Wildman–Crippen MR) is 138 cm³/mol. The zero-order chi connectivity index (χ0) is 28.4. The first-order valence-corrected chi connectivity index (χ1v) is 12.2. The monoisotopic (exact) mass is 544 g/mol. The Morgan fingerprint density at radius 2 is 0.795 bits per heavy atom. The summed E-state index contributed by atoms with van der Waals surface area (Å²) in [5.41, 5.74) is -4.18. The Hall–Kier alpha value is -3.94. The number of ether oxygens (including phenoxy) is 2. The van der Waals surface area contributed by atoms with E-state index < -0.39 is 28.9 Å². The Morgan fingerprint density at radius 1 is 0.487 bits per heavy atom. The standard InChI is InChI=1S/C31H26F6O2/c1-20(2)22-6-14-26(15-7-22)39-28-18-10-24(11-19-28)29(30(32,33)34,31(35,36)37)23-8-16-27(17-9-23)38-25-12-4-21(3)5-13-25/h4-20H,1-3H3. The molecule has 0 heterocycles. The fraction of sp³-hybridized carbons (Fsp3) is 0.226. The van der Waals surface area contributed by atoms with Gasteiger partial charge in [0.1, 0.15) is 23.0 Å². The second-order valence-electron chi connectivity index (χ2n) is 9.54. The summed E-state index contributed by atoms with van der Waals surface area (Å²) in [6.45, 7) is 5.91. The number of halogens is 6. The summed E-state index contributed by atoms with van der Waals surface area (Å²) in [6, 6.07) is 21.5. The number of aryl methyl sites for hydroxylation is 1. The largest absolute Gasteiger partial charge is 0.457 e. The van der Waals surface area contributed by atoms with Gasteiger partial charge >= 0.3 is 12.4 Å². The lowest BCUT2D eigenvalue weighted by Gasteiger charge is -2.38. The zero-order valence-electron chi connectivity index (χ0n) is 21.4. The third-order valence-corrected chi connectivity index (χ3v) is 6.46. The molecule has 0 saturated heterocycles. The van der Waals surface area contributed by atoms with Crippen LogP contribution in [0.4, 0.5) is 26.3 Å². The minimum Gasteiger partial charge on any atom is -0.457 e. The van der Waals surface area contributed by atoms with Gasteiger partial charge in [0.25, 0.3) is 0 Å². The van der Waals surface area contributed by atoms with E-state index in [-0.39, 0.29) is 11.5 Å². The number of hydrogen-bond donors (Lipinski definition) is 0. The molecule has 0 amide bonds. The van der Waals surface area contributed by atoms with E-state index in [0.717, 1.165) is 59.7 Å². The molecule has 0 atom stereocenters. The van der Waals surface area contributed by atoms with Crippen LogP contribution in [0.15, 0.2) is 97.1 Å². The van der Waals surface area contributed by atoms with E-state index in [0.29, 0.717) is 17.4 Å². The molecular formula is C31H26F6O2. The molecule has 0 radical (unpaired) electrons. The number of alkyl halides is 6. The Balaban J connectivity index is 1.68. The normalized spacial score (nSPS) is 12.5. The summed E-state index contributed by atoms with van der Waals surface area (Å²) in [4.78, 5) is 0. The van der Waals surface area contributed by atoms with E-state index in [1.807, 2.05) is 32.9 Å². The van der Waals surface area contributed by atoms with Crippen molar-refractivity contribution in [3.63, 3.8) is 0 Å². The van der Waals surface area contributed by atoms with Gasteiger partial charge in [-0.2, -0.15) is 26.3 Å². The quantitative estimate of drug-likeness (QED) is 0.216. The average molecular weight is 545 g/mol. The first-order valence-electron chi connectivity index (χ1n) is 12.2. The van der Waals surface area contributed by atoms with Gasteiger partial charge < -0.3 is 9.47 Å². The Kier molecular flexibility index (Phi) is 7.68. The second kappa shape index (κ2) is 10.7. The fourth-order valence-corrected chi connectivity index (χ4v) is 4.33. The molecule has 0 aromatic heterocycles. The summed E-state index contributed by atoms with van der Waals surface area (Å²) < 4.78 is 98.2. The lowest BCUT2D eigenvalue weighted by atomic mass is 9.73. The lowest BCUT2D eigenvalue weighted by Crippen LogP contribution is -2.54. The van der Waals surface area contributed by atoms with Crippen molar-refractivity contribution >= 4 is 0 Å². The number of hydrogen-bond acceptors (Lipinski definition) is 2. The fourth-order valence-electron chi connectivity index (χ4n) is 4.33. The van der Waals surface area contributed by atoms with E-state index in [1.54, 1.807) is 36.4 Å². The first kappa shape index (κ1) is 28.1. The molecule has 4 aromatic rings. The van der Waals surface area contributed by atoms with Gasteiger partial charge in [0.2, 0.25) is 5.41 Å². The Labute approximate surface area is 222 Å². The van der Waals surface area contributed by atoms with E-state index in [2.05, 4.69) is 0 Å². The van der Waals surface area contributed by atoms with Gasteiger partial charge in [-0.15, -0.1) is 0 Å². The Morgan fingerprint density at radius 3 is 1.10 bits per heavy atom. The smallest absolute Gasteiger partial charge is 0.411 e. The van der Waals surface area contributed by atoms with Gasteiger partial charge in [-0.25, -0.2) is 0 Å². The molecular weight excluding hydrogens is 518 g/mol. The molecule has 0 aliphatic carbocycles. The third-order valence-electron chi connectivity index (χ3n) is 6.46. The SMILES string of the molecule is Cc1ccc(Oc2ccc(C(c3ccc(Oc4ccc(C(C)C)cc4)cc3)(C(F)(F)F)C(F)(F)F)cc2)cc1. The highest BCUT2D eigenvalue weighted by molar-refractivity contribution is 5.48. The van der Waals surface area contributed by atoms with Crippen LogP contribution in [-0.4, -0.2) is 12.4 Å². The molecule has 0 unspecified atom stereocenters. The maximum atomic E-state index is 14.5. The second-order valence-corrected chi connectivity index (χ2v) is 9.54. The molecule has 0 aliphatic heterocycles. The van der Waals surface area contributed by atoms with Gasteiger partial charge in [-0.3, -0.25) is 0 Å². The molecule has 2 nitrogen and oxygen atoms in total. The number of benzene rings is 4. The van der Waals surface area contributed by atoms with Crippen molar-refractivity contribution in [1.29, 1.82) is 0 Å². The average Bonchev–Trinajstić information content (AvgIpc) is 2.86. The zero-order valence-corrected chi connectivity index (χ0v) is 21.4. The summed E-state index contributed by atoms with van der Waals surface area (Å²) in [7, 11) is 0. The van der Waals surface area contributed by atoms with Gasteiger partial charge in [0.15, 0.2) is 0 Å². The van der Waals surface area contributed by atoms with Crippen molar-refractivity contribution < 1.29 is 35.8 Å². The summed E-state index contributed by atoms with van der Waals surface area (Å²) in [5, 5.41) is 0. The van der Waals surface area contributed by atoms with Crippen molar-refractivity contribution in [2.24, 2.45) is 0 Å².